The van der Waals surface area contributed by atoms with Crippen LogP contribution in [0.3, 0.4) is 0 Å². The van der Waals surface area contributed by atoms with Crippen LogP contribution < -0.4 is 9.80 Å². The summed E-state index contributed by atoms with van der Waals surface area (Å²) in [5.74, 6) is 0.644. The molecular weight excluding hydrogens is 773 g/mol. The van der Waals surface area contributed by atoms with Crippen molar-refractivity contribution in [1.82, 2.24) is 0 Å². The summed E-state index contributed by atoms with van der Waals surface area (Å²) in [4.78, 5) is 5.17. The average Bonchev–Trinajstić information content (AvgIpc) is 3.36. The zero-order chi connectivity index (χ0) is 42.4. The van der Waals surface area contributed by atoms with Crippen molar-refractivity contribution in [2.75, 3.05) is 9.80 Å². The third-order valence-corrected chi connectivity index (χ3v) is 14.6. The molecule has 0 fully saturated rings. The SMILES string of the molecule is C1=CC2=C(C=CC(N(C3=CCC4CCC=CC4=C3)c3ccc(/C=C/C4=CC5=C(C=C(N(c6ccc7ccccc7c6)c6ccc7ccccc7c6)CC5)CC4)c4ccccc34)C2)CC1. The Hall–Kier alpha value is -6.90. The number of hydrogen-bond donors (Lipinski definition) is 0. The quantitative estimate of drug-likeness (QED) is 0.151. The van der Waals surface area contributed by atoms with Crippen molar-refractivity contribution in [2.24, 2.45) is 5.92 Å². The molecule has 0 amide bonds. The van der Waals surface area contributed by atoms with Gasteiger partial charge in [-0.25, -0.2) is 0 Å². The minimum absolute atomic E-state index is 0.255. The smallest absolute Gasteiger partial charge is 0.0565 e. The Balaban J connectivity index is 0.865. The molecule has 6 aromatic rings. The van der Waals surface area contributed by atoms with Crippen LogP contribution in [-0.4, -0.2) is 6.04 Å². The van der Waals surface area contributed by atoms with Crippen LogP contribution in [0, 0.1) is 5.92 Å². The van der Waals surface area contributed by atoms with Gasteiger partial charge >= 0.3 is 0 Å². The van der Waals surface area contributed by atoms with Crippen molar-refractivity contribution < 1.29 is 0 Å². The van der Waals surface area contributed by atoms with E-state index in [1.54, 1.807) is 0 Å². The zero-order valence-corrected chi connectivity index (χ0v) is 36.6. The number of hydrogen-bond acceptors (Lipinski definition) is 2. The molecular formula is C62H54N2. The van der Waals surface area contributed by atoms with Crippen LogP contribution >= 0.6 is 0 Å². The van der Waals surface area contributed by atoms with Gasteiger partial charge < -0.3 is 9.80 Å². The summed E-state index contributed by atoms with van der Waals surface area (Å²) < 4.78 is 0. The lowest BCUT2D eigenvalue weighted by molar-refractivity contribution is 0.559. The monoisotopic (exact) mass is 826 g/mol. The molecule has 0 heterocycles. The summed E-state index contributed by atoms with van der Waals surface area (Å²) in [6.07, 6.45) is 40.2. The maximum absolute atomic E-state index is 2.66. The summed E-state index contributed by atoms with van der Waals surface area (Å²) in [7, 11) is 0. The van der Waals surface area contributed by atoms with E-state index in [4.69, 9.17) is 0 Å². The highest BCUT2D eigenvalue weighted by Crippen LogP contribution is 2.44. The van der Waals surface area contributed by atoms with Gasteiger partial charge in [-0.05, 0) is 179 Å². The standard InChI is InChI=1S/C62H54N2/c1-5-15-49-38-55(31-25-44(49)11-1)63(56-32-26-45-12-2-6-16-50(45)39-56)57-35-29-53-37-43(22-24-54(53)42-57)21-23-48-30-36-62(61-20-10-9-19-60(48)61)64(58-33-27-46-13-3-7-17-51(46)40-58)59-34-28-47-14-4-8-18-52(47)41-59/h1-2,5-12,15-21,23,25-27,30-34,36-39,41-42,47,58H,3-4,13-14,22,24,28-29,35,40H2/b23-21+. The van der Waals surface area contributed by atoms with E-state index in [0.29, 0.717) is 5.92 Å². The summed E-state index contributed by atoms with van der Waals surface area (Å²) in [6.45, 7) is 0. The lowest BCUT2D eigenvalue weighted by atomic mass is 9.82. The molecule has 6 aliphatic rings. The second-order valence-corrected chi connectivity index (χ2v) is 18.5. The van der Waals surface area contributed by atoms with Crippen LogP contribution in [0.1, 0.15) is 69.8 Å². The van der Waals surface area contributed by atoms with Gasteiger partial charge in [-0.1, -0.05) is 152 Å². The Bertz CT molecular complexity index is 3110. The Morgan fingerprint density at radius 1 is 0.531 bits per heavy atom. The second-order valence-electron chi connectivity index (χ2n) is 18.5. The largest absolute Gasteiger partial charge is 0.334 e. The van der Waals surface area contributed by atoms with Gasteiger partial charge in [-0.2, -0.15) is 0 Å². The zero-order valence-electron chi connectivity index (χ0n) is 36.6. The van der Waals surface area contributed by atoms with Crippen LogP contribution in [0.5, 0.6) is 0 Å². The minimum atomic E-state index is 0.255. The van der Waals surface area contributed by atoms with Crippen molar-refractivity contribution in [3.63, 3.8) is 0 Å². The van der Waals surface area contributed by atoms with Crippen LogP contribution in [0.15, 0.2) is 233 Å². The van der Waals surface area contributed by atoms with Crippen molar-refractivity contribution in [2.45, 2.75) is 70.3 Å². The van der Waals surface area contributed by atoms with Crippen molar-refractivity contribution in [3.05, 3.63) is 239 Å². The molecule has 0 saturated carbocycles. The predicted octanol–water partition coefficient (Wildman–Crippen LogP) is 16.7. The fourth-order valence-electron chi connectivity index (χ4n) is 11.3. The van der Waals surface area contributed by atoms with Crippen LogP contribution in [0.25, 0.3) is 38.4 Å². The molecule has 0 aromatic heterocycles. The molecule has 312 valence electrons. The van der Waals surface area contributed by atoms with Gasteiger partial charge in [-0.15, -0.1) is 0 Å². The van der Waals surface area contributed by atoms with E-state index in [0.717, 1.165) is 51.4 Å². The number of anilines is 3. The van der Waals surface area contributed by atoms with Gasteiger partial charge in [0, 0.05) is 33.8 Å². The first-order valence-corrected chi connectivity index (χ1v) is 23.7. The molecule has 12 rings (SSSR count). The van der Waals surface area contributed by atoms with Gasteiger partial charge in [0.1, 0.15) is 0 Å². The Kier molecular flexibility index (Phi) is 10.1. The number of rotatable bonds is 8. The molecule has 2 nitrogen and oxygen atoms in total. The third-order valence-electron chi connectivity index (χ3n) is 14.6. The van der Waals surface area contributed by atoms with Gasteiger partial charge in [0.2, 0.25) is 0 Å². The molecule has 0 bridgehead atoms. The molecule has 64 heavy (non-hydrogen) atoms. The molecule has 2 atom stereocenters. The fourth-order valence-corrected chi connectivity index (χ4v) is 11.3. The third kappa shape index (κ3) is 7.35. The van der Waals surface area contributed by atoms with E-state index in [9.17, 15) is 0 Å². The van der Waals surface area contributed by atoms with E-state index >= 15 is 0 Å². The highest BCUT2D eigenvalue weighted by Gasteiger charge is 2.29. The molecule has 6 aromatic carbocycles. The molecule has 2 heteroatoms. The Morgan fingerprint density at radius 2 is 1.25 bits per heavy atom. The molecule has 0 aliphatic heterocycles. The lowest BCUT2D eigenvalue weighted by Gasteiger charge is -2.38. The first-order valence-electron chi connectivity index (χ1n) is 23.7. The summed E-state index contributed by atoms with van der Waals surface area (Å²) in [6, 6.07) is 45.4. The van der Waals surface area contributed by atoms with Crippen molar-refractivity contribution in [3.8, 4) is 0 Å². The van der Waals surface area contributed by atoms with E-state index < -0.39 is 0 Å². The molecule has 6 aliphatic carbocycles. The minimum Gasteiger partial charge on any atom is -0.334 e. The van der Waals surface area contributed by atoms with Gasteiger partial charge in [0.25, 0.3) is 0 Å². The topological polar surface area (TPSA) is 6.48 Å². The molecule has 0 N–H and O–H groups in total. The van der Waals surface area contributed by atoms with Gasteiger partial charge in [-0.3, -0.25) is 0 Å². The normalized spacial score (nSPS) is 20.5. The van der Waals surface area contributed by atoms with Crippen molar-refractivity contribution in [1.29, 1.82) is 0 Å². The van der Waals surface area contributed by atoms with E-state index in [-0.39, 0.29) is 6.04 Å². The van der Waals surface area contributed by atoms with E-state index in [2.05, 4.69) is 204 Å². The molecule has 2 unspecified atom stereocenters. The summed E-state index contributed by atoms with van der Waals surface area (Å²) in [5.41, 5.74) is 16.6. The van der Waals surface area contributed by atoms with Gasteiger partial charge in [0.15, 0.2) is 0 Å². The number of allylic oxidation sites excluding steroid dienone is 16. The van der Waals surface area contributed by atoms with Crippen LogP contribution in [-0.2, 0) is 0 Å². The number of nitrogens with zero attached hydrogens (tertiary/aromatic N) is 2. The van der Waals surface area contributed by atoms with Gasteiger partial charge in [0.05, 0.1) is 6.04 Å². The lowest BCUT2D eigenvalue weighted by Crippen LogP contribution is -2.35. The first-order chi connectivity index (χ1) is 31.7. The van der Waals surface area contributed by atoms with Crippen LogP contribution in [0.2, 0.25) is 0 Å². The predicted molar refractivity (Wildman–Crippen MR) is 273 cm³/mol. The summed E-state index contributed by atoms with van der Waals surface area (Å²) >= 11 is 0. The van der Waals surface area contributed by atoms with Crippen LogP contribution in [0.4, 0.5) is 17.1 Å². The maximum atomic E-state index is 2.66. The average molecular weight is 827 g/mol. The number of benzene rings is 6. The Labute approximate surface area is 378 Å². The second kappa shape index (κ2) is 16.7. The highest BCUT2D eigenvalue weighted by molar-refractivity contribution is 6.00. The highest BCUT2D eigenvalue weighted by atomic mass is 15.2. The first kappa shape index (κ1) is 38.7. The summed E-state index contributed by atoms with van der Waals surface area (Å²) in [5, 5.41) is 7.69. The fraction of sp³-hybridized carbons (Fsp3) is 0.194. The number of fused-ring (bicyclic) bond motifs is 4. The van der Waals surface area contributed by atoms with E-state index in [1.807, 2.05) is 0 Å². The molecule has 0 radical (unpaired) electrons. The Morgan fingerprint density at radius 3 is 2.06 bits per heavy atom. The molecule has 0 spiro atoms. The van der Waals surface area contributed by atoms with E-state index in [1.165, 1.54) is 113 Å². The van der Waals surface area contributed by atoms with Crippen molar-refractivity contribution >= 4 is 55.5 Å². The maximum Gasteiger partial charge on any atom is 0.0565 e. The molecule has 0 saturated heterocycles.